The van der Waals surface area contributed by atoms with E-state index in [9.17, 15) is 4.79 Å². The highest BCUT2D eigenvalue weighted by Gasteiger charge is 2.15. The second-order valence-electron chi connectivity index (χ2n) is 5.65. The largest absolute Gasteiger partial charge is 0.366 e. The molecular weight excluding hydrogens is 350 g/mol. The van der Waals surface area contributed by atoms with E-state index in [-0.39, 0.29) is 12.4 Å². The number of amides is 1. The fraction of sp³-hybridized carbons (Fsp3) is 0.158. The van der Waals surface area contributed by atoms with Gasteiger partial charge >= 0.3 is 0 Å². The van der Waals surface area contributed by atoms with Crippen LogP contribution in [0, 0.1) is 0 Å². The van der Waals surface area contributed by atoms with E-state index in [1.54, 1.807) is 30.7 Å². The Kier molecular flexibility index (Phi) is 7.20. The Morgan fingerprint density at radius 3 is 1.88 bits per heavy atom. The lowest BCUT2D eigenvalue weighted by atomic mass is 10.1. The van der Waals surface area contributed by atoms with Crippen LogP contribution in [0.5, 0.6) is 0 Å². The first-order valence-corrected chi connectivity index (χ1v) is 7.98. The zero-order valence-corrected chi connectivity index (χ0v) is 15.0. The highest BCUT2D eigenvalue weighted by Crippen LogP contribution is 2.13. The third-order valence-electron chi connectivity index (χ3n) is 3.75. The number of hydrogen-bond donors (Lipinski definition) is 1. The van der Waals surface area contributed by atoms with Crippen LogP contribution in [0.1, 0.15) is 27.4 Å². The lowest BCUT2D eigenvalue weighted by Gasteiger charge is -2.22. The van der Waals surface area contributed by atoms with Gasteiger partial charge in [-0.05, 0) is 36.4 Å². The van der Waals surface area contributed by atoms with E-state index in [0.717, 1.165) is 11.4 Å². The van der Waals surface area contributed by atoms with E-state index in [0.29, 0.717) is 30.9 Å². The van der Waals surface area contributed by atoms with Crippen LogP contribution in [0.25, 0.3) is 0 Å². The summed E-state index contributed by atoms with van der Waals surface area (Å²) in [4.78, 5) is 26.9. The first-order valence-electron chi connectivity index (χ1n) is 7.98. The molecule has 0 fully saturated rings. The van der Waals surface area contributed by atoms with Gasteiger partial charge in [0.15, 0.2) is 0 Å². The summed E-state index contributed by atoms with van der Waals surface area (Å²) in [5.41, 5.74) is 8.45. The lowest BCUT2D eigenvalue weighted by molar-refractivity contribution is 0.0997. The summed E-state index contributed by atoms with van der Waals surface area (Å²) in [5, 5.41) is 0. The van der Waals surface area contributed by atoms with Gasteiger partial charge in [0.05, 0.1) is 22.6 Å². The van der Waals surface area contributed by atoms with E-state index >= 15 is 0 Å². The van der Waals surface area contributed by atoms with Crippen molar-refractivity contribution < 1.29 is 4.79 Å². The van der Waals surface area contributed by atoms with Crippen molar-refractivity contribution in [1.29, 1.82) is 0 Å². The maximum atomic E-state index is 11.7. The summed E-state index contributed by atoms with van der Waals surface area (Å²) in [6, 6.07) is 15.0. The molecule has 0 aliphatic heterocycles. The molecule has 0 aliphatic carbocycles. The molecule has 6 nitrogen and oxygen atoms in total. The Hall–Kier alpha value is -2.83. The average Bonchev–Trinajstić information content (AvgIpc) is 2.63. The molecule has 0 atom stereocenters. The third-order valence-corrected chi connectivity index (χ3v) is 3.75. The number of nitrogens with zero attached hydrogens (tertiary/aromatic N) is 4. The molecule has 7 heteroatoms. The van der Waals surface area contributed by atoms with E-state index < -0.39 is 5.91 Å². The molecule has 134 valence electrons. The number of rotatable bonds is 7. The topological polar surface area (TPSA) is 85.0 Å². The van der Waals surface area contributed by atoms with Crippen LogP contribution < -0.4 is 5.73 Å². The first-order chi connectivity index (χ1) is 12.2. The SMILES string of the molecule is Cl.NC(=O)c1cccnc1CN(Cc1ccccn1)Cc1ccccn1. The minimum Gasteiger partial charge on any atom is -0.366 e. The Labute approximate surface area is 158 Å². The summed E-state index contributed by atoms with van der Waals surface area (Å²) in [5.74, 6) is -0.473. The Morgan fingerprint density at radius 2 is 1.38 bits per heavy atom. The van der Waals surface area contributed by atoms with Gasteiger partial charge < -0.3 is 5.73 Å². The zero-order chi connectivity index (χ0) is 17.5. The third kappa shape index (κ3) is 5.34. The van der Waals surface area contributed by atoms with Crippen LogP contribution >= 0.6 is 12.4 Å². The maximum absolute atomic E-state index is 11.7. The zero-order valence-electron chi connectivity index (χ0n) is 14.2. The van der Waals surface area contributed by atoms with Gasteiger partial charge in [0.25, 0.3) is 5.91 Å². The number of carbonyl (C=O) groups excluding carboxylic acids is 1. The minimum atomic E-state index is -0.473. The normalized spacial score (nSPS) is 10.3. The number of primary amides is 1. The molecular formula is C19H20ClN5O. The Bertz CT molecular complexity index is 788. The van der Waals surface area contributed by atoms with Gasteiger partial charge in [-0.1, -0.05) is 12.1 Å². The van der Waals surface area contributed by atoms with Crippen molar-refractivity contribution in [3.63, 3.8) is 0 Å². The number of pyridine rings is 3. The smallest absolute Gasteiger partial charge is 0.250 e. The molecule has 2 N–H and O–H groups in total. The molecule has 3 aromatic heterocycles. The highest BCUT2D eigenvalue weighted by atomic mass is 35.5. The fourth-order valence-electron chi connectivity index (χ4n) is 2.61. The fourth-order valence-corrected chi connectivity index (χ4v) is 2.61. The van der Waals surface area contributed by atoms with Crippen molar-refractivity contribution >= 4 is 18.3 Å². The molecule has 0 aromatic carbocycles. The Morgan fingerprint density at radius 1 is 0.808 bits per heavy atom. The Balaban J connectivity index is 0.00000243. The molecule has 3 heterocycles. The summed E-state index contributed by atoms with van der Waals surface area (Å²) >= 11 is 0. The summed E-state index contributed by atoms with van der Waals surface area (Å²) in [6.07, 6.45) is 5.20. The predicted molar refractivity (Wildman–Crippen MR) is 101 cm³/mol. The van der Waals surface area contributed by atoms with Crippen LogP contribution in [-0.4, -0.2) is 25.8 Å². The van der Waals surface area contributed by atoms with Gasteiger partial charge in [-0.25, -0.2) is 0 Å². The van der Waals surface area contributed by atoms with Crippen molar-refractivity contribution in [2.75, 3.05) is 0 Å². The molecule has 0 unspecified atom stereocenters. The van der Waals surface area contributed by atoms with Crippen molar-refractivity contribution in [2.24, 2.45) is 5.73 Å². The minimum absolute atomic E-state index is 0. The highest BCUT2D eigenvalue weighted by molar-refractivity contribution is 5.93. The van der Waals surface area contributed by atoms with Crippen LogP contribution in [0.4, 0.5) is 0 Å². The summed E-state index contributed by atoms with van der Waals surface area (Å²) in [7, 11) is 0. The summed E-state index contributed by atoms with van der Waals surface area (Å²) in [6.45, 7) is 1.71. The lowest BCUT2D eigenvalue weighted by Crippen LogP contribution is -2.26. The van der Waals surface area contributed by atoms with Crippen molar-refractivity contribution in [3.05, 3.63) is 89.8 Å². The monoisotopic (exact) mass is 369 g/mol. The van der Waals surface area contributed by atoms with Gasteiger partial charge in [0.1, 0.15) is 0 Å². The molecule has 0 spiro atoms. The quantitative estimate of drug-likeness (QED) is 0.691. The molecule has 0 aliphatic rings. The second-order valence-corrected chi connectivity index (χ2v) is 5.65. The molecule has 0 radical (unpaired) electrons. The predicted octanol–water partition coefficient (Wildman–Crippen LogP) is 2.59. The van der Waals surface area contributed by atoms with E-state index in [1.165, 1.54) is 0 Å². The van der Waals surface area contributed by atoms with Gasteiger partial charge in [-0.2, -0.15) is 0 Å². The van der Waals surface area contributed by atoms with E-state index in [1.807, 2.05) is 36.4 Å². The van der Waals surface area contributed by atoms with Crippen molar-refractivity contribution in [2.45, 2.75) is 19.6 Å². The van der Waals surface area contributed by atoms with Crippen LogP contribution in [0.15, 0.2) is 67.1 Å². The van der Waals surface area contributed by atoms with Crippen LogP contribution in [-0.2, 0) is 19.6 Å². The molecule has 3 rings (SSSR count). The van der Waals surface area contributed by atoms with Crippen LogP contribution in [0.3, 0.4) is 0 Å². The molecule has 0 saturated carbocycles. The van der Waals surface area contributed by atoms with E-state index in [4.69, 9.17) is 5.73 Å². The molecule has 26 heavy (non-hydrogen) atoms. The first kappa shape index (κ1) is 19.5. The second kappa shape index (κ2) is 9.60. The molecule has 1 amide bonds. The van der Waals surface area contributed by atoms with Crippen molar-refractivity contribution in [1.82, 2.24) is 19.9 Å². The van der Waals surface area contributed by atoms with Gasteiger partial charge in [0, 0.05) is 38.2 Å². The molecule has 0 saturated heterocycles. The van der Waals surface area contributed by atoms with Crippen molar-refractivity contribution in [3.8, 4) is 0 Å². The number of carbonyl (C=O) groups is 1. The maximum Gasteiger partial charge on any atom is 0.250 e. The molecule has 3 aromatic rings. The number of halogens is 1. The van der Waals surface area contributed by atoms with Gasteiger partial charge in [-0.15, -0.1) is 12.4 Å². The van der Waals surface area contributed by atoms with E-state index in [2.05, 4.69) is 19.9 Å². The standard InChI is InChI=1S/C19H19N5O.ClH/c20-19(25)17-8-5-11-23-18(17)14-24(12-15-6-1-3-9-21-15)13-16-7-2-4-10-22-16;/h1-11H,12-14H2,(H2,20,25);1H. The number of aromatic nitrogens is 3. The summed E-state index contributed by atoms with van der Waals surface area (Å²) < 4.78 is 0. The number of nitrogens with two attached hydrogens (primary N) is 1. The van der Waals surface area contributed by atoms with Crippen LogP contribution in [0.2, 0.25) is 0 Å². The van der Waals surface area contributed by atoms with Gasteiger partial charge in [-0.3, -0.25) is 24.6 Å². The molecule has 0 bridgehead atoms. The van der Waals surface area contributed by atoms with Gasteiger partial charge in [0.2, 0.25) is 0 Å². The number of hydrogen-bond acceptors (Lipinski definition) is 5. The average molecular weight is 370 g/mol.